The maximum absolute atomic E-state index is 12.7. The van der Waals surface area contributed by atoms with Crippen molar-refractivity contribution in [2.75, 3.05) is 30.4 Å². The number of aromatic nitrogens is 1. The lowest BCUT2D eigenvalue weighted by Crippen LogP contribution is -2.26. The van der Waals surface area contributed by atoms with E-state index in [1.165, 1.54) is 7.11 Å². The van der Waals surface area contributed by atoms with Crippen molar-refractivity contribution in [3.05, 3.63) is 53.7 Å². The molecule has 0 radical (unpaired) electrons. The van der Waals surface area contributed by atoms with Crippen molar-refractivity contribution in [2.45, 2.75) is 26.7 Å². The van der Waals surface area contributed by atoms with Gasteiger partial charge in [0.15, 0.2) is 0 Å². The highest BCUT2D eigenvalue weighted by molar-refractivity contribution is 6.08. The molecule has 0 aliphatic heterocycles. The van der Waals surface area contributed by atoms with Crippen molar-refractivity contribution < 1.29 is 14.3 Å². The predicted octanol–water partition coefficient (Wildman–Crippen LogP) is 3.75. The van der Waals surface area contributed by atoms with Crippen molar-refractivity contribution in [3.8, 4) is 0 Å². The number of carbonyl (C=O) groups is 2. The van der Waals surface area contributed by atoms with E-state index in [-0.39, 0.29) is 5.91 Å². The summed E-state index contributed by atoms with van der Waals surface area (Å²) in [4.78, 5) is 31.1. The first-order valence-electron chi connectivity index (χ1n) is 8.80. The molecular formula is C20H25N3O3. The second kappa shape index (κ2) is 9.56. The van der Waals surface area contributed by atoms with Crippen LogP contribution in [0.3, 0.4) is 0 Å². The van der Waals surface area contributed by atoms with E-state index in [0.717, 1.165) is 31.7 Å². The van der Waals surface area contributed by atoms with Gasteiger partial charge in [-0.1, -0.05) is 26.0 Å². The highest BCUT2D eigenvalue weighted by Gasteiger charge is 2.15. The predicted molar refractivity (Wildman–Crippen MR) is 103 cm³/mol. The number of anilines is 2. The topological polar surface area (TPSA) is 71.5 Å². The van der Waals surface area contributed by atoms with Crippen molar-refractivity contribution >= 4 is 23.4 Å². The molecule has 6 heteroatoms. The Bertz CT molecular complexity index is 755. The van der Waals surface area contributed by atoms with E-state index in [1.54, 1.807) is 42.6 Å². The van der Waals surface area contributed by atoms with Crippen LogP contribution >= 0.6 is 0 Å². The van der Waals surface area contributed by atoms with Crippen LogP contribution in [0.15, 0.2) is 42.6 Å². The van der Waals surface area contributed by atoms with Gasteiger partial charge in [0.2, 0.25) is 0 Å². The van der Waals surface area contributed by atoms with E-state index in [2.05, 4.69) is 29.0 Å². The van der Waals surface area contributed by atoms with Crippen molar-refractivity contribution in [1.29, 1.82) is 0 Å². The number of nitrogens with zero attached hydrogens (tertiary/aromatic N) is 2. The van der Waals surface area contributed by atoms with Gasteiger partial charge in [-0.05, 0) is 37.1 Å². The van der Waals surface area contributed by atoms with Gasteiger partial charge in [0.05, 0.1) is 18.4 Å². The van der Waals surface area contributed by atoms with Crippen molar-refractivity contribution in [1.82, 2.24) is 4.98 Å². The number of hydrogen-bond acceptors (Lipinski definition) is 5. The summed E-state index contributed by atoms with van der Waals surface area (Å²) in [6.45, 7) is 6.00. The maximum Gasteiger partial charge on any atom is 0.339 e. The zero-order chi connectivity index (χ0) is 18.9. The fourth-order valence-electron chi connectivity index (χ4n) is 2.69. The molecule has 2 rings (SSSR count). The van der Waals surface area contributed by atoms with Crippen LogP contribution in [0.1, 0.15) is 47.4 Å². The van der Waals surface area contributed by atoms with E-state index < -0.39 is 5.97 Å². The number of methoxy groups -OCH3 is 1. The van der Waals surface area contributed by atoms with Gasteiger partial charge in [0, 0.05) is 24.8 Å². The molecule has 1 aromatic heterocycles. The minimum atomic E-state index is -0.492. The van der Waals surface area contributed by atoms with Crippen LogP contribution in [-0.2, 0) is 4.74 Å². The normalized spacial score (nSPS) is 10.3. The molecule has 26 heavy (non-hydrogen) atoms. The molecule has 0 unspecified atom stereocenters. The number of nitrogens with one attached hydrogen (secondary N) is 1. The zero-order valence-electron chi connectivity index (χ0n) is 15.5. The van der Waals surface area contributed by atoms with Gasteiger partial charge in [-0.2, -0.15) is 0 Å². The van der Waals surface area contributed by atoms with Gasteiger partial charge in [-0.25, -0.2) is 9.78 Å². The summed E-state index contributed by atoms with van der Waals surface area (Å²) < 4.78 is 4.76. The number of hydrogen-bond donors (Lipinski definition) is 1. The van der Waals surface area contributed by atoms with Gasteiger partial charge in [0.1, 0.15) is 5.82 Å². The van der Waals surface area contributed by atoms with E-state index in [1.807, 2.05) is 0 Å². The minimum absolute atomic E-state index is 0.294. The van der Waals surface area contributed by atoms with Crippen LogP contribution in [0.25, 0.3) is 0 Å². The van der Waals surface area contributed by atoms with Crippen molar-refractivity contribution in [2.24, 2.45) is 0 Å². The van der Waals surface area contributed by atoms with Gasteiger partial charge in [-0.3, -0.25) is 4.79 Å². The van der Waals surface area contributed by atoms with Gasteiger partial charge < -0.3 is 15.0 Å². The smallest absolute Gasteiger partial charge is 0.339 e. The average molecular weight is 355 g/mol. The number of para-hydroxylation sites is 1. The third kappa shape index (κ3) is 4.81. The molecule has 0 spiro atoms. The first-order valence-corrected chi connectivity index (χ1v) is 8.80. The lowest BCUT2D eigenvalue weighted by atomic mass is 10.1. The summed E-state index contributed by atoms with van der Waals surface area (Å²) >= 11 is 0. The molecular weight excluding hydrogens is 330 g/mol. The summed E-state index contributed by atoms with van der Waals surface area (Å²) in [5.74, 6) is -0.00561. The number of carbonyl (C=O) groups excluding carboxylic acids is 2. The third-order valence-corrected chi connectivity index (χ3v) is 3.90. The van der Waals surface area contributed by atoms with E-state index in [4.69, 9.17) is 4.74 Å². The van der Waals surface area contributed by atoms with Crippen LogP contribution in [0.4, 0.5) is 11.5 Å². The summed E-state index contributed by atoms with van der Waals surface area (Å²) in [5.41, 5.74) is 1.23. The third-order valence-electron chi connectivity index (χ3n) is 3.90. The molecule has 6 nitrogen and oxygen atoms in total. The molecule has 0 fully saturated rings. The van der Waals surface area contributed by atoms with Crippen LogP contribution < -0.4 is 10.2 Å². The zero-order valence-corrected chi connectivity index (χ0v) is 15.5. The van der Waals surface area contributed by atoms with Crippen LogP contribution in [0.2, 0.25) is 0 Å². The fourth-order valence-corrected chi connectivity index (χ4v) is 2.69. The molecule has 1 amide bonds. The summed E-state index contributed by atoms with van der Waals surface area (Å²) in [6.07, 6.45) is 3.64. The van der Waals surface area contributed by atoms with Gasteiger partial charge >= 0.3 is 5.97 Å². The lowest BCUT2D eigenvalue weighted by molar-refractivity contribution is 0.0602. The minimum Gasteiger partial charge on any atom is -0.465 e. The number of benzene rings is 1. The fraction of sp³-hybridized carbons (Fsp3) is 0.350. The van der Waals surface area contributed by atoms with Crippen LogP contribution in [-0.4, -0.2) is 37.1 Å². The quantitative estimate of drug-likeness (QED) is 0.730. The summed E-state index contributed by atoms with van der Waals surface area (Å²) in [7, 11) is 1.31. The first kappa shape index (κ1) is 19.4. The van der Waals surface area contributed by atoms with Crippen LogP contribution in [0.5, 0.6) is 0 Å². The molecule has 1 aromatic carbocycles. The molecule has 0 aliphatic rings. The Kier molecular flexibility index (Phi) is 7.14. The van der Waals surface area contributed by atoms with Crippen LogP contribution in [0, 0.1) is 0 Å². The van der Waals surface area contributed by atoms with Crippen molar-refractivity contribution in [3.63, 3.8) is 0 Å². The molecule has 0 atom stereocenters. The second-order valence-corrected chi connectivity index (χ2v) is 5.88. The lowest BCUT2D eigenvalue weighted by Gasteiger charge is -2.22. The largest absolute Gasteiger partial charge is 0.465 e. The number of amides is 1. The van der Waals surface area contributed by atoms with E-state index >= 15 is 0 Å². The summed E-state index contributed by atoms with van der Waals surface area (Å²) in [6, 6.07) is 10.2. The molecule has 1 N–H and O–H groups in total. The van der Waals surface area contributed by atoms with E-state index in [0.29, 0.717) is 16.8 Å². The molecule has 138 valence electrons. The average Bonchev–Trinajstić information content (AvgIpc) is 2.67. The monoisotopic (exact) mass is 355 g/mol. The van der Waals surface area contributed by atoms with E-state index in [9.17, 15) is 9.59 Å². The number of esters is 1. The Morgan fingerprint density at radius 3 is 2.46 bits per heavy atom. The van der Waals surface area contributed by atoms with Gasteiger partial charge in [0.25, 0.3) is 5.91 Å². The SMILES string of the molecule is CCCN(CCC)c1cc(C(=O)Nc2ccccc2C(=O)OC)ccn1. The highest BCUT2D eigenvalue weighted by Crippen LogP contribution is 2.19. The highest BCUT2D eigenvalue weighted by atomic mass is 16.5. The number of pyridine rings is 1. The number of ether oxygens (including phenoxy) is 1. The molecule has 0 saturated heterocycles. The molecule has 0 saturated carbocycles. The second-order valence-electron chi connectivity index (χ2n) is 5.88. The standard InChI is InChI=1S/C20H25N3O3/c1-4-12-23(13-5-2)18-14-15(10-11-21-18)19(24)22-17-9-7-6-8-16(17)20(25)26-3/h6-11,14H,4-5,12-13H2,1-3H3,(H,22,24). The Labute approximate surface area is 154 Å². The van der Waals surface area contributed by atoms with Gasteiger partial charge in [-0.15, -0.1) is 0 Å². The molecule has 0 aliphatic carbocycles. The first-order chi connectivity index (χ1) is 12.6. The molecule has 0 bridgehead atoms. The molecule has 1 heterocycles. The Balaban J connectivity index is 2.23. The Hall–Kier alpha value is -2.89. The molecule has 2 aromatic rings. The Morgan fingerprint density at radius 2 is 1.81 bits per heavy atom. The Morgan fingerprint density at radius 1 is 1.12 bits per heavy atom. The summed E-state index contributed by atoms with van der Waals surface area (Å²) in [5, 5.41) is 2.79. The number of rotatable bonds is 8. The maximum atomic E-state index is 12.7.